The van der Waals surface area contributed by atoms with Crippen molar-refractivity contribution in [2.24, 2.45) is 0 Å². The first-order chi connectivity index (χ1) is 9.11. The predicted octanol–water partition coefficient (Wildman–Crippen LogP) is 1.94. The Labute approximate surface area is 122 Å². The number of carbonyl (C=O) groups excluding carboxylic acids is 1. The van der Waals surface area contributed by atoms with Crippen LogP contribution in [-0.2, 0) is 11.3 Å². The molecular formula is C13H17ClN2O2S. The van der Waals surface area contributed by atoms with E-state index < -0.39 is 0 Å². The predicted molar refractivity (Wildman–Crippen MR) is 78.8 cm³/mol. The van der Waals surface area contributed by atoms with Crippen LogP contribution in [0.2, 0.25) is 5.02 Å². The number of methoxy groups -OCH3 is 1. The summed E-state index contributed by atoms with van der Waals surface area (Å²) in [6.07, 6.45) is 0. The molecule has 1 unspecified atom stereocenters. The molecule has 1 aromatic carbocycles. The number of benzene rings is 1. The Balaban J connectivity index is 1.99. The first-order valence-electron chi connectivity index (χ1n) is 6.03. The lowest BCUT2D eigenvalue weighted by molar-refractivity contribution is -0.122. The molecule has 6 heteroatoms. The molecule has 0 bridgehead atoms. The zero-order valence-electron chi connectivity index (χ0n) is 11.0. The molecule has 1 aliphatic rings. The summed E-state index contributed by atoms with van der Waals surface area (Å²) in [5, 5.41) is 6.64. The van der Waals surface area contributed by atoms with Gasteiger partial charge in [-0.1, -0.05) is 11.6 Å². The molecule has 0 aliphatic carbocycles. The van der Waals surface area contributed by atoms with Crippen molar-refractivity contribution in [3.63, 3.8) is 0 Å². The third-order valence-corrected chi connectivity index (χ3v) is 4.33. The Morgan fingerprint density at radius 3 is 3.05 bits per heavy atom. The molecule has 1 heterocycles. The highest BCUT2D eigenvalue weighted by molar-refractivity contribution is 7.99. The third kappa shape index (κ3) is 3.55. The number of aryl methyl sites for hydroxylation is 1. The van der Waals surface area contributed by atoms with Crippen LogP contribution in [-0.4, -0.2) is 30.7 Å². The summed E-state index contributed by atoms with van der Waals surface area (Å²) >= 11 is 7.82. The number of hydrogen-bond acceptors (Lipinski definition) is 4. The van der Waals surface area contributed by atoms with Gasteiger partial charge >= 0.3 is 0 Å². The number of rotatable bonds is 4. The van der Waals surface area contributed by atoms with E-state index in [1.165, 1.54) is 0 Å². The maximum absolute atomic E-state index is 11.9. The van der Waals surface area contributed by atoms with Gasteiger partial charge in [0, 0.05) is 18.2 Å². The second kappa shape index (κ2) is 6.50. The van der Waals surface area contributed by atoms with E-state index in [0.29, 0.717) is 17.3 Å². The Hall–Kier alpha value is -0.910. The lowest BCUT2D eigenvalue weighted by Gasteiger charge is -2.13. The van der Waals surface area contributed by atoms with Gasteiger partial charge in [-0.3, -0.25) is 10.1 Å². The van der Waals surface area contributed by atoms with Crippen molar-refractivity contribution in [2.75, 3.05) is 18.7 Å². The van der Waals surface area contributed by atoms with Crippen molar-refractivity contribution in [1.29, 1.82) is 0 Å². The molecule has 0 saturated carbocycles. The molecule has 2 N–H and O–H groups in total. The summed E-state index contributed by atoms with van der Waals surface area (Å²) in [6.45, 7) is 2.46. The van der Waals surface area contributed by atoms with Crippen LogP contribution >= 0.6 is 23.4 Å². The number of ether oxygens (including phenoxy) is 1. The molecule has 1 saturated heterocycles. The lowest BCUT2D eigenvalue weighted by atomic mass is 10.1. The van der Waals surface area contributed by atoms with Gasteiger partial charge in [0.15, 0.2) is 0 Å². The number of halogens is 1. The zero-order chi connectivity index (χ0) is 13.8. The fourth-order valence-corrected chi connectivity index (χ4v) is 3.12. The molecule has 0 spiro atoms. The van der Waals surface area contributed by atoms with Gasteiger partial charge in [0.1, 0.15) is 5.75 Å². The Bertz CT molecular complexity index is 476. The number of thioether (sulfide) groups is 1. The normalized spacial score (nSPS) is 18.4. The molecule has 4 nitrogen and oxygen atoms in total. The molecule has 1 aromatic rings. The molecule has 0 aromatic heterocycles. The molecular weight excluding hydrogens is 284 g/mol. The summed E-state index contributed by atoms with van der Waals surface area (Å²) < 4.78 is 5.16. The third-order valence-electron chi connectivity index (χ3n) is 3.10. The van der Waals surface area contributed by atoms with Gasteiger partial charge in [0.05, 0.1) is 18.2 Å². The number of amides is 1. The molecule has 1 fully saturated rings. The average Bonchev–Trinajstić information content (AvgIpc) is 2.93. The van der Waals surface area contributed by atoms with Gasteiger partial charge in [-0.05, 0) is 30.2 Å². The fraction of sp³-hybridized carbons (Fsp3) is 0.462. The molecule has 104 valence electrons. The van der Waals surface area contributed by atoms with E-state index >= 15 is 0 Å². The van der Waals surface area contributed by atoms with Crippen LogP contribution in [0.4, 0.5) is 0 Å². The van der Waals surface area contributed by atoms with Gasteiger partial charge in [0.2, 0.25) is 5.91 Å². The van der Waals surface area contributed by atoms with Crippen molar-refractivity contribution in [2.45, 2.75) is 19.5 Å². The summed E-state index contributed by atoms with van der Waals surface area (Å²) in [5.41, 5.74) is 2.06. The summed E-state index contributed by atoms with van der Waals surface area (Å²) in [5.74, 6) is 2.36. The highest BCUT2D eigenvalue weighted by atomic mass is 35.5. The maximum atomic E-state index is 11.9. The van der Waals surface area contributed by atoms with E-state index in [4.69, 9.17) is 16.3 Å². The van der Waals surface area contributed by atoms with E-state index in [-0.39, 0.29) is 11.9 Å². The second-order valence-electron chi connectivity index (χ2n) is 4.40. The van der Waals surface area contributed by atoms with E-state index in [2.05, 4.69) is 10.6 Å². The Morgan fingerprint density at radius 2 is 2.42 bits per heavy atom. The highest BCUT2D eigenvalue weighted by Crippen LogP contribution is 2.27. The van der Waals surface area contributed by atoms with E-state index in [1.54, 1.807) is 18.9 Å². The van der Waals surface area contributed by atoms with Crippen LogP contribution in [0.25, 0.3) is 0 Å². The van der Waals surface area contributed by atoms with Crippen LogP contribution < -0.4 is 15.4 Å². The van der Waals surface area contributed by atoms with Crippen LogP contribution in [0.3, 0.4) is 0 Å². The van der Waals surface area contributed by atoms with Crippen molar-refractivity contribution in [3.05, 3.63) is 28.3 Å². The SMILES string of the molecule is COc1cc(C)c(CNC(=O)C2CSCN2)cc1Cl. The van der Waals surface area contributed by atoms with Crippen molar-refractivity contribution in [3.8, 4) is 5.75 Å². The topological polar surface area (TPSA) is 50.4 Å². The largest absolute Gasteiger partial charge is 0.495 e. The highest BCUT2D eigenvalue weighted by Gasteiger charge is 2.22. The van der Waals surface area contributed by atoms with Crippen molar-refractivity contribution < 1.29 is 9.53 Å². The fourth-order valence-electron chi connectivity index (χ4n) is 1.91. The molecule has 19 heavy (non-hydrogen) atoms. The Kier molecular flexibility index (Phi) is 4.96. The van der Waals surface area contributed by atoms with Gasteiger partial charge < -0.3 is 10.1 Å². The summed E-state index contributed by atoms with van der Waals surface area (Å²) in [7, 11) is 1.59. The van der Waals surface area contributed by atoms with Crippen molar-refractivity contribution >= 4 is 29.3 Å². The average molecular weight is 301 g/mol. The number of nitrogens with one attached hydrogen (secondary N) is 2. The molecule has 0 radical (unpaired) electrons. The van der Waals surface area contributed by atoms with Crippen LogP contribution in [0.5, 0.6) is 5.75 Å². The number of hydrogen-bond donors (Lipinski definition) is 2. The summed E-state index contributed by atoms with van der Waals surface area (Å²) in [6, 6.07) is 3.64. The van der Waals surface area contributed by atoms with Crippen molar-refractivity contribution in [1.82, 2.24) is 10.6 Å². The Morgan fingerprint density at radius 1 is 1.63 bits per heavy atom. The maximum Gasteiger partial charge on any atom is 0.238 e. The van der Waals surface area contributed by atoms with Crippen LogP contribution in [0.15, 0.2) is 12.1 Å². The quantitative estimate of drug-likeness (QED) is 0.892. The molecule has 2 rings (SSSR count). The zero-order valence-corrected chi connectivity index (χ0v) is 12.5. The van der Waals surface area contributed by atoms with Gasteiger partial charge in [-0.15, -0.1) is 11.8 Å². The minimum atomic E-state index is -0.0842. The first-order valence-corrected chi connectivity index (χ1v) is 7.57. The minimum absolute atomic E-state index is 0.0383. The molecule has 1 atom stereocenters. The second-order valence-corrected chi connectivity index (χ2v) is 5.84. The van der Waals surface area contributed by atoms with Gasteiger partial charge in [0.25, 0.3) is 0 Å². The standard InChI is InChI=1S/C13H17ClN2O2S/c1-8-3-12(18-2)10(14)4-9(8)5-15-13(17)11-6-19-7-16-11/h3-4,11,16H,5-7H2,1-2H3,(H,15,17). The monoisotopic (exact) mass is 300 g/mol. The van der Waals surface area contributed by atoms with E-state index in [0.717, 1.165) is 22.8 Å². The first kappa shape index (κ1) is 14.5. The van der Waals surface area contributed by atoms with Gasteiger partial charge in [-0.2, -0.15) is 0 Å². The lowest BCUT2D eigenvalue weighted by Crippen LogP contribution is -2.41. The van der Waals surface area contributed by atoms with Gasteiger partial charge in [-0.25, -0.2) is 0 Å². The smallest absolute Gasteiger partial charge is 0.238 e. The van der Waals surface area contributed by atoms with Crippen LogP contribution in [0.1, 0.15) is 11.1 Å². The van der Waals surface area contributed by atoms with E-state index in [1.807, 2.05) is 19.1 Å². The molecule has 1 amide bonds. The summed E-state index contributed by atoms with van der Waals surface area (Å²) in [4.78, 5) is 11.9. The van der Waals surface area contributed by atoms with E-state index in [9.17, 15) is 4.79 Å². The minimum Gasteiger partial charge on any atom is -0.495 e. The van der Waals surface area contributed by atoms with Crippen LogP contribution in [0, 0.1) is 6.92 Å². The number of carbonyl (C=O) groups is 1. The molecule has 1 aliphatic heterocycles.